The Bertz CT molecular complexity index is 1270. The molecule has 7 heteroatoms. The van der Waals surface area contributed by atoms with Crippen molar-refractivity contribution in [1.82, 2.24) is 0 Å². The number of ketones is 1. The lowest BCUT2D eigenvalue weighted by Gasteiger charge is -2.21. The molecule has 5 nitrogen and oxygen atoms in total. The molecule has 2 aliphatic rings. The number of fused-ring (bicyclic) bond motifs is 2. The zero-order chi connectivity index (χ0) is 22.2. The Morgan fingerprint density at radius 1 is 1.16 bits per heavy atom. The Kier molecular flexibility index (Phi) is 5.67. The lowest BCUT2D eigenvalue weighted by molar-refractivity contribution is -0.0176. The normalized spacial score (nSPS) is 15.7. The molecule has 2 aliphatic heterocycles. The van der Waals surface area contributed by atoms with Crippen molar-refractivity contribution < 1.29 is 23.7 Å². The molecular weight excluding hydrogens is 496 g/mol. The maximum Gasteiger partial charge on any atom is 0.231 e. The van der Waals surface area contributed by atoms with Crippen LogP contribution >= 0.6 is 27.5 Å². The fourth-order valence-corrected chi connectivity index (χ4v) is 4.52. The Labute approximate surface area is 198 Å². The number of carbonyl (C=O) groups is 1. The number of Topliss-reactive ketones (excluding diaryl/α,β-unsaturated/α-hetero) is 1. The van der Waals surface area contributed by atoms with Gasteiger partial charge in [-0.05, 0) is 48.9 Å². The van der Waals surface area contributed by atoms with Crippen molar-refractivity contribution in [1.29, 1.82) is 0 Å². The van der Waals surface area contributed by atoms with Crippen LogP contribution in [0.2, 0.25) is 5.02 Å². The third-order valence-electron chi connectivity index (χ3n) is 5.36. The molecule has 0 saturated heterocycles. The van der Waals surface area contributed by atoms with Gasteiger partial charge in [0.25, 0.3) is 0 Å². The minimum absolute atomic E-state index is 0.177. The summed E-state index contributed by atoms with van der Waals surface area (Å²) < 4.78 is 24.0. The number of hydrogen-bond acceptors (Lipinski definition) is 5. The first kappa shape index (κ1) is 21.1. The summed E-state index contributed by atoms with van der Waals surface area (Å²) in [6.45, 7) is 2.89. The molecule has 3 aromatic carbocycles. The topological polar surface area (TPSA) is 54.0 Å². The van der Waals surface area contributed by atoms with Crippen LogP contribution < -0.4 is 14.2 Å². The number of benzene rings is 3. The first-order chi connectivity index (χ1) is 15.5. The molecule has 0 radical (unpaired) electrons. The van der Waals surface area contributed by atoms with Crippen LogP contribution in [0.25, 0.3) is 6.08 Å². The fourth-order valence-electron chi connectivity index (χ4n) is 3.78. The number of rotatable bonds is 4. The zero-order valence-electron chi connectivity index (χ0n) is 17.1. The van der Waals surface area contributed by atoms with Gasteiger partial charge in [0.2, 0.25) is 5.78 Å². The highest BCUT2D eigenvalue weighted by atomic mass is 79.9. The van der Waals surface area contributed by atoms with Crippen LogP contribution in [-0.4, -0.2) is 12.6 Å². The van der Waals surface area contributed by atoms with Crippen LogP contribution in [0.15, 0.2) is 58.8 Å². The Hall–Kier alpha value is -2.80. The lowest BCUT2D eigenvalue weighted by atomic mass is 10.1. The largest absolute Gasteiger partial charge is 0.488 e. The Morgan fingerprint density at radius 3 is 2.84 bits per heavy atom. The third-order valence-corrected chi connectivity index (χ3v) is 6.17. The van der Waals surface area contributed by atoms with Crippen LogP contribution in [0.1, 0.15) is 32.6 Å². The van der Waals surface area contributed by atoms with E-state index in [1.807, 2.05) is 37.3 Å². The molecule has 3 aromatic rings. The van der Waals surface area contributed by atoms with Gasteiger partial charge in [0.15, 0.2) is 12.6 Å². The van der Waals surface area contributed by atoms with Gasteiger partial charge in [0.05, 0.1) is 12.2 Å². The highest BCUT2D eigenvalue weighted by Crippen LogP contribution is 2.40. The van der Waals surface area contributed by atoms with E-state index in [1.54, 1.807) is 24.3 Å². The molecule has 0 aromatic heterocycles. The summed E-state index contributed by atoms with van der Waals surface area (Å²) in [5.74, 6) is 1.99. The highest BCUT2D eigenvalue weighted by Gasteiger charge is 2.30. The number of hydrogen-bond donors (Lipinski definition) is 0. The number of ether oxygens (including phenoxy) is 4. The number of allylic oxidation sites excluding steroid dienone is 1. The smallest absolute Gasteiger partial charge is 0.231 e. The van der Waals surface area contributed by atoms with Crippen LogP contribution in [0.4, 0.5) is 0 Å². The molecule has 162 valence electrons. The van der Waals surface area contributed by atoms with Gasteiger partial charge < -0.3 is 18.9 Å². The van der Waals surface area contributed by atoms with E-state index in [2.05, 4.69) is 15.9 Å². The second kappa shape index (κ2) is 8.62. The molecule has 2 heterocycles. The van der Waals surface area contributed by atoms with E-state index in [9.17, 15) is 4.79 Å². The molecule has 0 spiro atoms. The van der Waals surface area contributed by atoms with Crippen molar-refractivity contribution in [2.24, 2.45) is 0 Å². The van der Waals surface area contributed by atoms with E-state index in [4.69, 9.17) is 30.5 Å². The summed E-state index contributed by atoms with van der Waals surface area (Å²) in [5, 5.41) is 0.554. The molecule has 0 atom stereocenters. The summed E-state index contributed by atoms with van der Waals surface area (Å²) in [7, 11) is 0. The number of carbonyl (C=O) groups excluding carboxylic acids is 1. The van der Waals surface area contributed by atoms with Gasteiger partial charge in [0, 0.05) is 26.2 Å². The second-order valence-electron chi connectivity index (χ2n) is 7.48. The quantitative estimate of drug-likeness (QED) is 0.374. The average molecular weight is 514 g/mol. The maximum absolute atomic E-state index is 12.8. The molecule has 0 bridgehead atoms. The van der Waals surface area contributed by atoms with Crippen molar-refractivity contribution in [3.05, 3.63) is 91.6 Å². The van der Waals surface area contributed by atoms with Crippen LogP contribution in [0, 0.1) is 6.92 Å². The van der Waals surface area contributed by atoms with Crippen molar-refractivity contribution in [3.63, 3.8) is 0 Å². The standard InChI is InChI=1S/C25H18BrClO5/c1-14-21(30-12-17-9-18(26)8-16-11-29-13-31-25(16)17)7-6-19-23(28)22(32-24(14)19)10-15-4-2-3-5-20(15)27/h2-10H,11-13H2,1H3/b22-10-. The Morgan fingerprint density at radius 2 is 2.00 bits per heavy atom. The van der Waals surface area contributed by atoms with E-state index in [1.165, 1.54) is 0 Å². The van der Waals surface area contributed by atoms with Crippen molar-refractivity contribution >= 4 is 39.4 Å². The maximum atomic E-state index is 12.8. The van der Waals surface area contributed by atoms with Gasteiger partial charge >= 0.3 is 0 Å². The van der Waals surface area contributed by atoms with E-state index >= 15 is 0 Å². The van der Waals surface area contributed by atoms with Gasteiger partial charge in [-0.2, -0.15) is 0 Å². The van der Waals surface area contributed by atoms with Crippen molar-refractivity contribution in [2.45, 2.75) is 20.1 Å². The second-order valence-corrected chi connectivity index (χ2v) is 8.80. The summed E-state index contributed by atoms with van der Waals surface area (Å²) in [6.07, 6.45) is 1.66. The van der Waals surface area contributed by atoms with E-state index in [0.717, 1.165) is 32.5 Å². The van der Waals surface area contributed by atoms with Crippen molar-refractivity contribution in [2.75, 3.05) is 6.79 Å². The van der Waals surface area contributed by atoms with E-state index in [0.29, 0.717) is 35.3 Å². The summed E-state index contributed by atoms with van der Waals surface area (Å²) in [4.78, 5) is 12.8. The van der Waals surface area contributed by atoms with Gasteiger partial charge in [-0.1, -0.05) is 45.7 Å². The molecule has 5 rings (SSSR count). The van der Waals surface area contributed by atoms with Crippen LogP contribution in [0.3, 0.4) is 0 Å². The molecule has 0 fully saturated rings. The summed E-state index contributed by atoms with van der Waals surface area (Å²) >= 11 is 9.75. The van der Waals surface area contributed by atoms with Gasteiger partial charge in [-0.25, -0.2) is 0 Å². The monoisotopic (exact) mass is 512 g/mol. The first-order valence-electron chi connectivity index (χ1n) is 9.98. The molecule has 0 saturated carbocycles. The highest BCUT2D eigenvalue weighted by molar-refractivity contribution is 9.10. The molecule has 0 aliphatic carbocycles. The van der Waals surface area contributed by atoms with Crippen LogP contribution in [-0.2, 0) is 18.0 Å². The minimum atomic E-state index is -0.177. The molecule has 0 amide bonds. The van der Waals surface area contributed by atoms with Gasteiger partial charge in [-0.3, -0.25) is 4.79 Å². The minimum Gasteiger partial charge on any atom is -0.488 e. The fraction of sp³-hybridized carbons (Fsp3) is 0.160. The van der Waals surface area contributed by atoms with Crippen LogP contribution in [0.5, 0.6) is 17.2 Å². The van der Waals surface area contributed by atoms with E-state index < -0.39 is 0 Å². The SMILES string of the molecule is Cc1c(OCc2cc(Br)cc3c2OCOC3)ccc2c1O/C(=C\c1ccccc1Cl)C2=O. The average Bonchev–Trinajstić information content (AvgIpc) is 3.11. The zero-order valence-corrected chi connectivity index (χ0v) is 19.5. The lowest BCUT2D eigenvalue weighted by Crippen LogP contribution is -2.14. The first-order valence-corrected chi connectivity index (χ1v) is 11.2. The number of halogens is 2. The third kappa shape index (κ3) is 3.90. The van der Waals surface area contributed by atoms with E-state index in [-0.39, 0.29) is 18.3 Å². The predicted octanol–water partition coefficient (Wildman–Crippen LogP) is 6.47. The molecular formula is C25H18BrClO5. The predicted molar refractivity (Wildman–Crippen MR) is 124 cm³/mol. The Balaban J connectivity index is 1.40. The van der Waals surface area contributed by atoms with Gasteiger partial charge in [-0.15, -0.1) is 0 Å². The summed E-state index contributed by atoms with van der Waals surface area (Å²) in [6, 6.07) is 14.8. The summed E-state index contributed by atoms with van der Waals surface area (Å²) in [5.41, 5.74) is 3.87. The van der Waals surface area contributed by atoms with Crippen molar-refractivity contribution in [3.8, 4) is 17.2 Å². The molecule has 0 unspecified atom stereocenters. The molecule has 0 N–H and O–H groups in total. The van der Waals surface area contributed by atoms with Gasteiger partial charge in [0.1, 0.15) is 23.9 Å². The molecule has 32 heavy (non-hydrogen) atoms.